The molecule has 0 aliphatic heterocycles. The van der Waals surface area contributed by atoms with Crippen LogP contribution in [0, 0.1) is 17.3 Å². The maximum atomic E-state index is 9.98. The van der Waals surface area contributed by atoms with Crippen LogP contribution in [0.4, 0.5) is 0 Å². The van der Waals surface area contributed by atoms with Gasteiger partial charge in [0.25, 0.3) is 0 Å². The van der Waals surface area contributed by atoms with E-state index in [4.69, 9.17) is 9.47 Å². The number of ether oxygens (including phenoxy) is 2. The first-order valence-corrected chi connectivity index (χ1v) is 12.2. The summed E-state index contributed by atoms with van der Waals surface area (Å²) in [6.45, 7) is 16.0. The van der Waals surface area contributed by atoms with Crippen LogP contribution < -0.4 is 0 Å². The molecule has 170 valence electrons. The van der Waals surface area contributed by atoms with Gasteiger partial charge in [-0.25, -0.2) is 0 Å². The van der Waals surface area contributed by atoms with Crippen molar-refractivity contribution in [3.63, 3.8) is 0 Å². The first-order chi connectivity index (χ1) is 13.3. The molecular weight excluding hydrogens is 348 g/mol. The van der Waals surface area contributed by atoms with E-state index in [1.54, 1.807) is 0 Å². The maximum Gasteiger partial charge on any atom is 0.154 e. The van der Waals surface area contributed by atoms with Gasteiger partial charge in [-0.3, -0.25) is 0 Å². The molecule has 0 aromatic carbocycles. The largest absolute Gasteiger partial charge is 0.381 e. The molecule has 3 nitrogen and oxygen atoms in total. The summed E-state index contributed by atoms with van der Waals surface area (Å²) in [5.41, 5.74) is 0.325. The van der Waals surface area contributed by atoms with E-state index < -0.39 is 6.29 Å². The molecule has 0 fully saturated rings. The minimum absolute atomic E-state index is 0.325. The van der Waals surface area contributed by atoms with Crippen molar-refractivity contribution < 1.29 is 14.6 Å². The molecule has 0 aliphatic rings. The van der Waals surface area contributed by atoms with Crippen molar-refractivity contribution in [3.05, 3.63) is 0 Å². The Balaban J connectivity index is 3.42. The van der Waals surface area contributed by atoms with E-state index >= 15 is 0 Å². The summed E-state index contributed by atoms with van der Waals surface area (Å²) >= 11 is 0. The van der Waals surface area contributed by atoms with Crippen molar-refractivity contribution in [2.45, 2.75) is 125 Å². The fourth-order valence-electron chi connectivity index (χ4n) is 3.84. The van der Waals surface area contributed by atoms with Crippen LogP contribution >= 0.6 is 0 Å². The van der Waals surface area contributed by atoms with E-state index in [2.05, 4.69) is 41.5 Å². The van der Waals surface area contributed by atoms with Crippen LogP contribution in [-0.4, -0.2) is 31.2 Å². The number of unbranched alkanes of at least 4 members (excludes halogenated alkanes) is 6. The van der Waals surface area contributed by atoms with Crippen LogP contribution in [0.2, 0.25) is 0 Å². The predicted octanol–water partition coefficient (Wildman–Crippen LogP) is 7.36. The van der Waals surface area contributed by atoms with E-state index in [0.717, 1.165) is 38.4 Å². The molecule has 0 aromatic rings. The monoisotopic (exact) mass is 400 g/mol. The van der Waals surface area contributed by atoms with E-state index in [1.807, 2.05) is 0 Å². The van der Waals surface area contributed by atoms with Crippen molar-refractivity contribution in [2.75, 3.05) is 19.8 Å². The molecular formula is C25H52O3. The molecule has 0 rings (SSSR count). The van der Waals surface area contributed by atoms with Gasteiger partial charge in [0.2, 0.25) is 0 Å². The highest BCUT2D eigenvalue weighted by atomic mass is 16.6. The van der Waals surface area contributed by atoms with Gasteiger partial charge in [-0.05, 0) is 49.4 Å². The summed E-state index contributed by atoms with van der Waals surface area (Å²) in [4.78, 5) is 0. The van der Waals surface area contributed by atoms with E-state index in [1.165, 1.54) is 57.8 Å². The minimum atomic E-state index is -0.588. The summed E-state index contributed by atoms with van der Waals surface area (Å²) in [5.74, 6) is 1.25. The van der Waals surface area contributed by atoms with Crippen molar-refractivity contribution in [2.24, 2.45) is 17.3 Å². The summed E-state index contributed by atoms with van der Waals surface area (Å²) < 4.78 is 11.5. The number of aliphatic hydroxyl groups excluding tert-OH is 1. The molecule has 0 amide bonds. The van der Waals surface area contributed by atoms with Crippen LogP contribution in [0.25, 0.3) is 0 Å². The Labute approximate surface area is 177 Å². The maximum absolute atomic E-state index is 9.98. The fourth-order valence-corrected chi connectivity index (χ4v) is 3.84. The van der Waals surface area contributed by atoms with Gasteiger partial charge in [-0.2, -0.15) is 0 Å². The molecule has 1 N–H and O–H groups in total. The molecule has 0 bridgehead atoms. The van der Waals surface area contributed by atoms with Gasteiger partial charge in [0, 0.05) is 13.2 Å². The summed E-state index contributed by atoms with van der Waals surface area (Å²) in [7, 11) is 0. The smallest absolute Gasteiger partial charge is 0.154 e. The number of hydrogen-bond donors (Lipinski definition) is 1. The van der Waals surface area contributed by atoms with Crippen LogP contribution in [0.15, 0.2) is 0 Å². The molecule has 3 atom stereocenters. The molecule has 0 radical (unpaired) electrons. The predicted molar refractivity (Wildman–Crippen MR) is 122 cm³/mol. The summed E-state index contributed by atoms with van der Waals surface area (Å²) in [5, 5.41) is 9.98. The first kappa shape index (κ1) is 27.9. The summed E-state index contributed by atoms with van der Waals surface area (Å²) in [6.07, 6.45) is 13.7. The molecule has 0 saturated carbocycles. The van der Waals surface area contributed by atoms with Gasteiger partial charge in [-0.1, -0.05) is 86.5 Å². The Bertz CT molecular complexity index is 324. The van der Waals surface area contributed by atoms with Gasteiger partial charge in [0.05, 0.1) is 6.61 Å². The summed E-state index contributed by atoms with van der Waals surface area (Å²) in [6, 6.07) is 0. The lowest BCUT2D eigenvalue weighted by Crippen LogP contribution is -2.20. The Morgan fingerprint density at radius 3 is 2.07 bits per heavy atom. The SMILES string of the molecule is CCCCC(CC)COCCCCCCCCC(O)OCC(C)CC(C)(C)C. The molecule has 0 spiro atoms. The Morgan fingerprint density at radius 2 is 1.46 bits per heavy atom. The molecule has 0 saturated heterocycles. The fraction of sp³-hybridized carbons (Fsp3) is 1.00. The number of hydrogen-bond acceptors (Lipinski definition) is 3. The molecule has 0 aromatic heterocycles. The lowest BCUT2D eigenvalue weighted by molar-refractivity contribution is -0.115. The zero-order chi connectivity index (χ0) is 21.3. The third-order valence-corrected chi connectivity index (χ3v) is 5.42. The highest BCUT2D eigenvalue weighted by Crippen LogP contribution is 2.24. The van der Waals surface area contributed by atoms with Crippen molar-refractivity contribution in [1.29, 1.82) is 0 Å². The Morgan fingerprint density at radius 1 is 0.821 bits per heavy atom. The average molecular weight is 401 g/mol. The van der Waals surface area contributed by atoms with Gasteiger partial charge in [0.1, 0.15) is 0 Å². The van der Waals surface area contributed by atoms with Gasteiger partial charge < -0.3 is 14.6 Å². The van der Waals surface area contributed by atoms with Gasteiger partial charge >= 0.3 is 0 Å². The molecule has 0 heterocycles. The highest BCUT2D eigenvalue weighted by Gasteiger charge is 2.16. The zero-order valence-corrected chi connectivity index (χ0v) is 20.1. The van der Waals surface area contributed by atoms with E-state index in [9.17, 15) is 5.11 Å². The van der Waals surface area contributed by atoms with Crippen molar-refractivity contribution >= 4 is 0 Å². The topological polar surface area (TPSA) is 38.7 Å². The Hall–Kier alpha value is -0.120. The lowest BCUT2D eigenvalue weighted by Gasteiger charge is -2.24. The average Bonchev–Trinajstić information content (AvgIpc) is 2.62. The van der Waals surface area contributed by atoms with Gasteiger partial charge in [-0.15, -0.1) is 0 Å². The second kappa shape index (κ2) is 17.7. The third-order valence-electron chi connectivity index (χ3n) is 5.42. The quantitative estimate of drug-likeness (QED) is 0.182. The lowest BCUT2D eigenvalue weighted by atomic mass is 9.86. The standard InChI is InChI=1S/C25H52O3/c1-7-9-16-23(8-2)21-27-18-15-13-11-10-12-14-17-24(26)28-20-22(3)19-25(4,5)6/h22-24,26H,7-21H2,1-6H3. The van der Waals surface area contributed by atoms with Gasteiger partial charge in [0.15, 0.2) is 6.29 Å². The van der Waals surface area contributed by atoms with Crippen molar-refractivity contribution in [3.8, 4) is 0 Å². The number of rotatable bonds is 19. The van der Waals surface area contributed by atoms with Crippen LogP contribution in [0.5, 0.6) is 0 Å². The number of aliphatic hydroxyl groups is 1. The van der Waals surface area contributed by atoms with Crippen LogP contribution in [0.1, 0.15) is 119 Å². The normalized spacial score (nSPS) is 15.5. The molecule has 0 aliphatic carbocycles. The minimum Gasteiger partial charge on any atom is -0.381 e. The highest BCUT2D eigenvalue weighted by molar-refractivity contribution is 4.66. The van der Waals surface area contributed by atoms with E-state index in [0.29, 0.717) is 17.9 Å². The first-order valence-electron chi connectivity index (χ1n) is 12.2. The van der Waals surface area contributed by atoms with Crippen molar-refractivity contribution in [1.82, 2.24) is 0 Å². The molecule has 3 unspecified atom stereocenters. The van der Waals surface area contributed by atoms with Crippen LogP contribution in [0.3, 0.4) is 0 Å². The van der Waals surface area contributed by atoms with Crippen LogP contribution in [-0.2, 0) is 9.47 Å². The van der Waals surface area contributed by atoms with E-state index in [-0.39, 0.29) is 0 Å². The molecule has 3 heteroatoms. The second-order valence-electron chi connectivity index (χ2n) is 10.1. The second-order valence-corrected chi connectivity index (χ2v) is 10.1. The third kappa shape index (κ3) is 19.2. The Kier molecular flexibility index (Phi) is 17.6. The zero-order valence-electron chi connectivity index (χ0n) is 20.1. The molecule has 28 heavy (non-hydrogen) atoms.